The summed E-state index contributed by atoms with van der Waals surface area (Å²) in [6.45, 7) is 2.29. The fraction of sp³-hybridized carbons (Fsp3) is 0.458. The van der Waals surface area contributed by atoms with E-state index in [1.54, 1.807) is 0 Å². The van der Waals surface area contributed by atoms with E-state index in [4.69, 9.17) is 5.26 Å². The first kappa shape index (κ1) is 17.7. The lowest BCUT2D eigenvalue weighted by atomic mass is 9.73. The van der Waals surface area contributed by atoms with Crippen LogP contribution in [0.5, 0.6) is 0 Å². The quantitative estimate of drug-likeness (QED) is 0.519. The molecule has 1 aliphatic rings. The van der Waals surface area contributed by atoms with Crippen LogP contribution in [0.25, 0.3) is 11.1 Å². The maximum atomic E-state index is 8.93. The predicted octanol–water partition coefficient (Wildman–Crippen LogP) is 7.08. The van der Waals surface area contributed by atoms with Crippen molar-refractivity contribution in [3.05, 3.63) is 59.7 Å². The normalized spacial score (nSPS) is 20.2. The first-order chi connectivity index (χ1) is 12.3. The van der Waals surface area contributed by atoms with Crippen LogP contribution in [0.3, 0.4) is 0 Å². The Morgan fingerprint density at radius 2 is 1.52 bits per heavy atom. The first-order valence-corrected chi connectivity index (χ1v) is 9.92. The van der Waals surface area contributed by atoms with Gasteiger partial charge in [-0.1, -0.05) is 75.4 Å². The van der Waals surface area contributed by atoms with Gasteiger partial charge >= 0.3 is 0 Å². The predicted molar refractivity (Wildman–Crippen MR) is 105 cm³/mol. The van der Waals surface area contributed by atoms with Crippen LogP contribution in [-0.2, 0) is 0 Å². The van der Waals surface area contributed by atoms with Gasteiger partial charge in [-0.15, -0.1) is 0 Å². The van der Waals surface area contributed by atoms with Gasteiger partial charge in [-0.3, -0.25) is 0 Å². The highest BCUT2D eigenvalue weighted by molar-refractivity contribution is 5.64. The summed E-state index contributed by atoms with van der Waals surface area (Å²) in [5.74, 6) is 1.63. The van der Waals surface area contributed by atoms with Crippen molar-refractivity contribution in [2.75, 3.05) is 0 Å². The number of benzene rings is 2. The second-order valence-corrected chi connectivity index (χ2v) is 7.46. The van der Waals surface area contributed by atoms with Gasteiger partial charge in [-0.2, -0.15) is 5.26 Å². The van der Waals surface area contributed by atoms with Crippen LogP contribution in [0.4, 0.5) is 0 Å². The number of rotatable bonds is 6. The molecule has 1 nitrogen and oxygen atoms in total. The van der Waals surface area contributed by atoms with Crippen LogP contribution in [0.15, 0.2) is 48.5 Å². The zero-order valence-corrected chi connectivity index (χ0v) is 15.4. The fourth-order valence-corrected chi connectivity index (χ4v) is 4.31. The van der Waals surface area contributed by atoms with Gasteiger partial charge in [0, 0.05) is 0 Å². The fourth-order valence-electron chi connectivity index (χ4n) is 4.31. The topological polar surface area (TPSA) is 23.8 Å². The van der Waals surface area contributed by atoms with E-state index in [0.717, 1.165) is 17.4 Å². The lowest BCUT2D eigenvalue weighted by Gasteiger charge is -2.32. The maximum Gasteiger partial charge on any atom is 0.0991 e. The molecular weight excluding hydrogens is 302 g/mol. The zero-order chi connectivity index (χ0) is 17.5. The van der Waals surface area contributed by atoms with E-state index in [0.29, 0.717) is 0 Å². The molecule has 2 atom stereocenters. The van der Waals surface area contributed by atoms with Crippen molar-refractivity contribution in [1.82, 2.24) is 0 Å². The molecule has 0 heterocycles. The summed E-state index contributed by atoms with van der Waals surface area (Å²) in [7, 11) is 0. The Kier molecular flexibility index (Phi) is 6.29. The Labute approximate surface area is 152 Å². The molecule has 1 aliphatic carbocycles. The van der Waals surface area contributed by atoms with Crippen LogP contribution in [-0.4, -0.2) is 0 Å². The Hall–Kier alpha value is -2.07. The van der Waals surface area contributed by atoms with E-state index in [1.165, 1.54) is 68.1 Å². The molecule has 0 saturated heterocycles. The van der Waals surface area contributed by atoms with Crippen LogP contribution in [0.1, 0.15) is 75.3 Å². The third-order valence-electron chi connectivity index (χ3n) is 5.77. The minimum atomic E-state index is 0.720. The smallest absolute Gasteiger partial charge is 0.0991 e. The van der Waals surface area contributed by atoms with Crippen LogP contribution < -0.4 is 0 Å². The van der Waals surface area contributed by atoms with Gasteiger partial charge in [-0.25, -0.2) is 0 Å². The molecule has 130 valence electrons. The monoisotopic (exact) mass is 331 g/mol. The molecule has 0 N–H and O–H groups in total. The van der Waals surface area contributed by atoms with E-state index in [1.807, 2.05) is 24.3 Å². The van der Waals surface area contributed by atoms with E-state index in [-0.39, 0.29) is 0 Å². The molecule has 0 bridgehead atoms. The van der Waals surface area contributed by atoms with Gasteiger partial charge < -0.3 is 0 Å². The molecule has 3 rings (SSSR count). The summed E-state index contributed by atoms with van der Waals surface area (Å²) in [5, 5.41) is 8.93. The van der Waals surface area contributed by atoms with Gasteiger partial charge in [0.1, 0.15) is 0 Å². The van der Waals surface area contributed by atoms with Gasteiger partial charge in [0.15, 0.2) is 0 Å². The van der Waals surface area contributed by atoms with Crippen LogP contribution in [0.2, 0.25) is 0 Å². The Bertz CT molecular complexity index is 690. The van der Waals surface area contributed by atoms with Crippen molar-refractivity contribution in [1.29, 1.82) is 5.26 Å². The molecule has 1 fully saturated rings. The molecule has 0 radical (unpaired) electrons. The van der Waals surface area contributed by atoms with Crippen molar-refractivity contribution >= 4 is 0 Å². The molecular formula is C24H29N. The van der Waals surface area contributed by atoms with Gasteiger partial charge in [0.25, 0.3) is 0 Å². The lowest BCUT2D eigenvalue weighted by Crippen LogP contribution is -2.17. The summed E-state index contributed by atoms with van der Waals surface area (Å²) >= 11 is 0. The highest BCUT2D eigenvalue weighted by atomic mass is 14.3. The minimum absolute atomic E-state index is 0.720. The molecule has 0 amide bonds. The number of hydrogen-bond donors (Lipinski definition) is 0. The molecule has 2 aromatic carbocycles. The van der Waals surface area contributed by atoms with Gasteiger partial charge in [-0.05, 0) is 59.9 Å². The third kappa shape index (κ3) is 4.51. The SMILES string of the molecule is CCCCC[C@@H]1CCCC[C@H]1c1ccc(-c2ccc(C#N)cc2)cc1. The van der Waals surface area contributed by atoms with E-state index >= 15 is 0 Å². The Morgan fingerprint density at radius 3 is 2.16 bits per heavy atom. The van der Waals surface area contributed by atoms with Crippen molar-refractivity contribution in [3.8, 4) is 17.2 Å². The van der Waals surface area contributed by atoms with E-state index in [2.05, 4.69) is 37.3 Å². The molecule has 0 aromatic heterocycles. The largest absolute Gasteiger partial charge is 0.192 e. The van der Waals surface area contributed by atoms with E-state index < -0.39 is 0 Å². The summed E-state index contributed by atoms with van der Waals surface area (Å²) < 4.78 is 0. The summed E-state index contributed by atoms with van der Waals surface area (Å²) in [5.41, 5.74) is 4.68. The average molecular weight is 332 g/mol. The van der Waals surface area contributed by atoms with Crippen molar-refractivity contribution in [2.24, 2.45) is 5.92 Å². The summed E-state index contributed by atoms with van der Waals surface area (Å²) in [4.78, 5) is 0. The average Bonchev–Trinajstić information content (AvgIpc) is 2.69. The molecule has 1 saturated carbocycles. The maximum absolute atomic E-state index is 8.93. The van der Waals surface area contributed by atoms with Crippen LogP contribution in [0, 0.1) is 17.2 Å². The number of nitriles is 1. The lowest BCUT2D eigenvalue weighted by molar-refractivity contribution is 0.283. The molecule has 1 heteroatoms. The third-order valence-corrected chi connectivity index (χ3v) is 5.77. The molecule has 0 spiro atoms. The second-order valence-electron chi connectivity index (χ2n) is 7.46. The first-order valence-electron chi connectivity index (χ1n) is 9.92. The Balaban J connectivity index is 1.72. The number of unbranched alkanes of at least 4 members (excludes halogenated alkanes) is 2. The second kappa shape index (κ2) is 8.86. The molecule has 25 heavy (non-hydrogen) atoms. The standard InChI is InChI=1S/C24H29N/c1-2-3-4-7-22-8-5-6-9-24(22)23-16-14-21(15-17-23)20-12-10-19(18-25)11-13-20/h10-17,22,24H,2-9H2,1H3/t22-,24-/m1/s1. The highest BCUT2D eigenvalue weighted by Gasteiger charge is 2.25. The zero-order valence-electron chi connectivity index (χ0n) is 15.4. The van der Waals surface area contributed by atoms with Crippen molar-refractivity contribution < 1.29 is 0 Å². The molecule has 0 unspecified atom stereocenters. The summed E-state index contributed by atoms with van der Waals surface area (Å²) in [6, 6.07) is 19.3. The van der Waals surface area contributed by atoms with Crippen molar-refractivity contribution in [2.45, 2.75) is 64.2 Å². The molecule has 0 aliphatic heterocycles. The van der Waals surface area contributed by atoms with Gasteiger partial charge in [0.05, 0.1) is 11.6 Å². The van der Waals surface area contributed by atoms with E-state index in [9.17, 15) is 0 Å². The Morgan fingerprint density at radius 1 is 0.880 bits per heavy atom. The summed E-state index contributed by atoms with van der Waals surface area (Å²) in [6.07, 6.45) is 11.0. The number of hydrogen-bond acceptors (Lipinski definition) is 1. The highest BCUT2D eigenvalue weighted by Crippen LogP contribution is 2.41. The van der Waals surface area contributed by atoms with Crippen LogP contribution >= 0.6 is 0 Å². The molecule has 2 aromatic rings. The minimum Gasteiger partial charge on any atom is -0.192 e. The van der Waals surface area contributed by atoms with Crippen molar-refractivity contribution in [3.63, 3.8) is 0 Å². The van der Waals surface area contributed by atoms with Gasteiger partial charge in [0.2, 0.25) is 0 Å². The number of nitrogens with zero attached hydrogens (tertiary/aromatic N) is 1.